The molecule has 24 heavy (non-hydrogen) atoms. The zero-order chi connectivity index (χ0) is 16.5. The highest BCUT2D eigenvalue weighted by Gasteiger charge is 2.40. The van der Waals surface area contributed by atoms with Crippen molar-refractivity contribution in [1.29, 1.82) is 0 Å². The molecule has 4 atom stereocenters. The van der Waals surface area contributed by atoms with E-state index in [1.54, 1.807) is 0 Å². The van der Waals surface area contributed by atoms with Gasteiger partial charge in [-0.25, -0.2) is 0 Å². The highest BCUT2D eigenvalue weighted by atomic mass is 16.5. The van der Waals surface area contributed by atoms with Gasteiger partial charge in [0, 0.05) is 32.5 Å². The summed E-state index contributed by atoms with van der Waals surface area (Å²) in [5.41, 5.74) is 0. The van der Waals surface area contributed by atoms with Crippen molar-refractivity contribution in [3.8, 4) is 0 Å². The second kappa shape index (κ2) is 6.82. The summed E-state index contributed by atoms with van der Waals surface area (Å²) in [6, 6.07) is 0.625. The van der Waals surface area contributed by atoms with Gasteiger partial charge in [0.1, 0.15) is 0 Å². The molecule has 2 saturated heterocycles. The Balaban J connectivity index is 1.34. The number of rotatable bonds is 3. The van der Waals surface area contributed by atoms with Crippen LogP contribution in [-0.4, -0.2) is 46.1 Å². The maximum atomic E-state index is 13.0. The van der Waals surface area contributed by atoms with E-state index in [4.69, 9.17) is 4.52 Å². The van der Waals surface area contributed by atoms with E-state index >= 15 is 0 Å². The number of carbonyl (C=O) groups excluding carboxylic acids is 1. The number of piperidine rings is 1. The molecule has 6 heteroatoms. The zero-order valence-electron chi connectivity index (χ0n) is 14.5. The molecule has 0 spiro atoms. The van der Waals surface area contributed by atoms with E-state index in [0.717, 1.165) is 50.5 Å². The number of nitrogens with one attached hydrogen (secondary N) is 1. The van der Waals surface area contributed by atoms with Crippen molar-refractivity contribution in [1.82, 2.24) is 20.4 Å². The average molecular weight is 332 g/mol. The Morgan fingerprint density at radius 2 is 2.17 bits per heavy atom. The van der Waals surface area contributed by atoms with Crippen molar-refractivity contribution in [2.45, 2.75) is 70.4 Å². The molecule has 2 aliphatic heterocycles. The first-order chi connectivity index (χ1) is 11.7. The highest BCUT2D eigenvalue weighted by Crippen LogP contribution is 2.34. The fourth-order valence-corrected chi connectivity index (χ4v) is 4.85. The molecule has 0 bridgehead atoms. The molecule has 3 heterocycles. The first-order valence-corrected chi connectivity index (χ1v) is 9.53. The lowest BCUT2D eigenvalue weighted by Crippen LogP contribution is -2.49. The fourth-order valence-electron chi connectivity index (χ4n) is 4.85. The molecule has 1 aromatic heterocycles. The number of aryl methyl sites for hydroxylation is 1. The number of nitrogens with zero attached hydrogens (tertiary/aromatic N) is 3. The summed E-state index contributed by atoms with van der Waals surface area (Å²) in [6.07, 6.45) is 9.24. The number of carbonyl (C=O) groups is 1. The van der Waals surface area contributed by atoms with Crippen molar-refractivity contribution >= 4 is 5.91 Å². The van der Waals surface area contributed by atoms with E-state index < -0.39 is 0 Å². The number of hydrogen-bond acceptors (Lipinski definition) is 5. The molecule has 1 aromatic rings. The predicted octanol–water partition coefficient (Wildman–Crippen LogP) is 2.08. The Labute approximate surface area is 143 Å². The van der Waals surface area contributed by atoms with Gasteiger partial charge in [0.15, 0.2) is 5.82 Å². The maximum absolute atomic E-state index is 13.0. The molecule has 132 valence electrons. The zero-order valence-corrected chi connectivity index (χ0v) is 14.5. The number of amides is 1. The Bertz CT molecular complexity index is 573. The molecule has 3 aliphatic rings. The van der Waals surface area contributed by atoms with Crippen LogP contribution in [0.1, 0.15) is 56.7 Å². The summed E-state index contributed by atoms with van der Waals surface area (Å²) in [5, 5.41) is 7.63. The van der Waals surface area contributed by atoms with E-state index in [0.29, 0.717) is 23.8 Å². The number of aromatic nitrogens is 2. The van der Waals surface area contributed by atoms with Gasteiger partial charge in [-0.1, -0.05) is 18.0 Å². The number of likely N-dealkylation sites (tertiary alicyclic amines) is 1. The predicted molar refractivity (Wildman–Crippen MR) is 89.3 cm³/mol. The molecule has 0 unspecified atom stereocenters. The van der Waals surface area contributed by atoms with Gasteiger partial charge in [-0.2, -0.15) is 4.98 Å². The normalized spacial score (nSPS) is 33.5. The molecule has 6 nitrogen and oxygen atoms in total. The van der Waals surface area contributed by atoms with Crippen LogP contribution in [0.5, 0.6) is 0 Å². The van der Waals surface area contributed by atoms with E-state index in [1.807, 2.05) is 6.92 Å². The second-order valence-corrected chi connectivity index (χ2v) is 7.83. The summed E-state index contributed by atoms with van der Waals surface area (Å²) in [7, 11) is 0. The fraction of sp³-hybridized carbons (Fsp3) is 0.833. The van der Waals surface area contributed by atoms with Crippen molar-refractivity contribution in [3.63, 3.8) is 0 Å². The van der Waals surface area contributed by atoms with Crippen LogP contribution in [0.15, 0.2) is 4.52 Å². The van der Waals surface area contributed by atoms with Crippen LogP contribution >= 0.6 is 0 Å². The summed E-state index contributed by atoms with van der Waals surface area (Å²) < 4.78 is 5.06. The molecular weight excluding hydrogens is 304 g/mol. The van der Waals surface area contributed by atoms with Gasteiger partial charge in [-0.15, -0.1) is 0 Å². The van der Waals surface area contributed by atoms with Gasteiger partial charge >= 0.3 is 0 Å². The van der Waals surface area contributed by atoms with Gasteiger partial charge in [0.25, 0.3) is 0 Å². The molecule has 1 N–H and O–H groups in total. The smallest absolute Gasteiger partial charge is 0.239 e. The minimum absolute atomic E-state index is 0.0456. The quantitative estimate of drug-likeness (QED) is 0.917. The SMILES string of the molecule is Cc1nc(C[C@@H]2CCCN(C(=O)[C@@H]3C[C@H]4CCCC[C@@H]4N3)C2)no1. The van der Waals surface area contributed by atoms with Crippen LogP contribution in [0.2, 0.25) is 0 Å². The van der Waals surface area contributed by atoms with Crippen LogP contribution in [0.4, 0.5) is 0 Å². The third-order valence-corrected chi connectivity index (χ3v) is 6.03. The number of fused-ring (bicyclic) bond motifs is 1. The van der Waals surface area contributed by atoms with Crippen LogP contribution < -0.4 is 5.32 Å². The lowest BCUT2D eigenvalue weighted by Gasteiger charge is -2.34. The molecule has 1 saturated carbocycles. The van der Waals surface area contributed by atoms with Crippen LogP contribution in [0.3, 0.4) is 0 Å². The third-order valence-electron chi connectivity index (χ3n) is 6.03. The standard InChI is InChI=1S/C18H28N4O2/c1-12-19-17(21-24-12)9-13-5-4-8-22(11-13)18(23)16-10-14-6-2-3-7-15(14)20-16/h13-16,20H,2-11H2,1H3/t13-,14+,15-,16-/m0/s1. The molecule has 0 radical (unpaired) electrons. The van der Waals surface area contributed by atoms with Crippen LogP contribution in [0, 0.1) is 18.8 Å². The Hall–Kier alpha value is -1.43. The third kappa shape index (κ3) is 3.34. The van der Waals surface area contributed by atoms with Gasteiger partial charge in [0.2, 0.25) is 11.8 Å². The molecule has 1 amide bonds. The highest BCUT2D eigenvalue weighted by molar-refractivity contribution is 5.82. The van der Waals surface area contributed by atoms with E-state index in [1.165, 1.54) is 25.7 Å². The molecule has 1 aliphatic carbocycles. The first-order valence-electron chi connectivity index (χ1n) is 9.53. The van der Waals surface area contributed by atoms with Crippen LogP contribution in [0.25, 0.3) is 0 Å². The van der Waals surface area contributed by atoms with Crippen molar-refractivity contribution in [3.05, 3.63) is 11.7 Å². The topological polar surface area (TPSA) is 71.3 Å². The van der Waals surface area contributed by atoms with Crippen molar-refractivity contribution in [2.75, 3.05) is 13.1 Å². The summed E-state index contributed by atoms with van der Waals surface area (Å²) >= 11 is 0. The van der Waals surface area contributed by atoms with E-state index in [2.05, 4.69) is 20.4 Å². The van der Waals surface area contributed by atoms with E-state index in [-0.39, 0.29) is 6.04 Å². The first kappa shape index (κ1) is 16.1. The second-order valence-electron chi connectivity index (χ2n) is 7.83. The van der Waals surface area contributed by atoms with E-state index in [9.17, 15) is 4.79 Å². The summed E-state index contributed by atoms with van der Waals surface area (Å²) in [5.74, 6) is 2.88. The van der Waals surface area contributed by atoms with Gasteiger partial charge < -0.3 is 14.7 Å². The molecule has 3 fully saturated rings. The Morgan fingerprint density at radius 1 is 1.29 bits per heavy atom. The van der Waals surface area contributed by atoms with Gasteiger partial charge in [-0.05, 0) is 43.9 Å². The lowest BCUT2D eigenvalue weighted by atomic mass is 9.85. The number of hydrogen-bond donors (Lipinski definition) is 1. The van der Waals surface area contributed by atoms with Crippen LogP contribution in [-0.2, 0) is 11.2 Å². The van der Waals surface area contributed by atoms with Gasteiger partial charge in [0.05, 0.1) is 6.04 Å². The lowest BCUT2D eigenvalue weighted by molar-refractivity contribution is -0.135. The molecular formula is C18H28N4O2. The minimum Gasteiger partial charge on any atom is -0.341 e. The summed E-state index contributed by atoms with van der Waals surface area (Å²) in [6.45, 7) is 3.55. The monoisotopic (exact) mass is 332 g/mol. The van der Waals surface area contributed by atoms with Gasteiger partial charge in [-0.3, -0.25) is 4.79 Å². The molecule has 0 aromatic carbocycles. The Morgan fingerprint density at radius 3 is 2.96 bits per heavy atom. The largest absolute Gasteiger partial charge is 0.341 e. The Kier molecular flexibility index (Phi) is 4.57. The summed E-state index contributed by atoms with van der Waals surface area (Å²) in [4.78, 5) is 19.3. The van der Waals surface area contributed by atoms with Crippen molar-refractivity contribution in [2.24, 2.45) is 11.8 Å². The average Bonchev–Trinajstić information content (AvgIpc) is 3.20. The maximum Gasteiger partial charge on any atom is 0.239 e. The molecule has 4 rings (SSSR count). The van der Waals surface area contributed by atoms with Crippen molar-refractivity contribution < 1.29 is 9.32 Å². The minimum atomic E-state index is 0.0456.